The molecule has 3 fully saturated rings. The van der Waals surface area contributed by atoms with Gasteiger partial charge in [-0.2, -0.15) is 0 Å². The van der Waals surface area contributed by atoms with Crippen molar-refractivity contribution in [2.75, 3.05) is 64.4 Å². The summed E-state index contributed by atoms with van der Waals surface area (Å²) in [4.78, 5) is 33.0. The number of hydrogen-bond acceptors (Lipinski definition) is 10. The molecule has 2 saturated heterocycles. The first-order chi connectivity index (χ1) is 26.4. The molecule has 1 aliphatic carbocycles. The predicted octanol–water partition coefficient (Wildman–Crippen LogP) is 5.84. The second-order valence-corrected chi connectivity index (χ2v) is 18.8. The van der Waals surface area contributed by atoms with Crippen LogP contribution in [0.4, 0.5) is 5.69 Å². The molecule has 0 aromatic heterocycles. The molecular weight excluding hydrogens is 740 g/mol. The standard InChI is InChI=1S/C42H57ClN4O7S/c1-29-7-6-16-42(52-3,28-45-18-20-46(21-19-45)36-15-22-53-40(48)25-36)37-13-10-33(37)26-47-17-5-4-8-31-23-35(43)12-9-34(31)27-54-39-14-11-32(24-38(39)47)41(49)44-55(50,51)30(29)2/h6,9,11-12,14,16,23-24,29-30,33,36-37H,4-5,7-8,10,13,15,17-22,25-28H2,1-3H3,(H,44,49)/b16-6+/t29-,30+,33-,36+,37?,42+/m0/s1. The number of carbonyl (C=O) groups is 2. The molecule has 6 atom stereocenters. The van der Waals surface area contributed by atoms with Crippen LogP contribution in [0.1, 0.15) is 80.3 Å². The van der Waals surface area contributed by atoms with Crippen molar-refractivity contribution in [2.24, 2.45) is 17.8 Å². The van der Waals surface area contributed by atoms with Crippen molar-refractivity contribution in [2.45, 2.75) is 88.7 Å². The minimum Gasteiger partial charge on any atom is -0.487 e. The number of fused-ring (bicyclic) bond motifs is 3. The number of piperazine rings is 1. The van der Waals surface area contributed by atoms with Gasteiger partial charge in [-0.05, 0) is 111 Å². The number of anilines is 1. The Balaban J connectivity index is 1.20. The van der Waals surface area contributed by atoms with Crippen molar-refractivity contribution in [3.05, 3.63) is 70.3 Å². The zero-order valence-corrected chi connectivity index (χ0v) is 34.1. The zero-order chi connectivity index (χ0) is 38.7. The topological polar surface area (TPSA) is 118 Å². The van der Waals surface area contributed by atoms with Gasteiger partial charge in [0.15, 0.2) is 0 Å². The van der Waals surface area contributed by atoms with E-state index in [9.17, 15) is 18.0 Å². The lowest BCUT2D eigenvalue weighted by atomic mass is 9.63. The van der Waals surface area contributed by atoms with Gasteiger partial charge < -0.3 is 19.1 Å². The first-order valence-corrected chi connectivity index (χ1v) is 22.1. The molecule has 5 aliphatic rings. The van der Waals surface area contributed by atoms with Crippen LogP contribution in [-0.2, 0) is 37.3 Å². The average Bonchev–Trinajstić information content (AvgIpc) is 3.19. The Bertz CT molecular complexity index is 1850. The van der Waals surface area contributed by atoms with Crippen molar-refractivity contribution in [3.8, 4) is 5.75 Å². The normalized spacial score (nSPS) is 31.6. The number of sulfonamides is 1. The molecule has 1 unspecified atom stereocenters. The summed E-state index contributed by atoms with van der Waals surface area (Å²) in [7, 11) is -2.16. The number of ether oxygens (including phenoxy) is 3. The molecule has 7 rings (SSSR count). The van der Waals surface area contributed by atoms with Crippen LogP contribution >= 0.6 is 11.6 Å². The highest BCUT2D eigenvalue weighted by molar-refractivity contribution is 7.90. The molecule has 2 aromatic rings. The molecule has 2 aromatic carbocycles. The van der Waals surface area contributed by atoms with Crippen LogP contribution in [0.15, 0.2) is 48.6 Å². The van der Waals surface area contributed by atoms with E-state index < -0.39 is 26.8 Å². The van der Waals surface area contributed by atoms with Gasteiger partial charge in [-0.1, -0.05) is 36.7 Å². The first-order valence-electron chi connectivity index (χ1n) is 20.1. The van der Waals surface area contributed by atoms with Gasteiger partial charge >= 0.3 is 5.97 Å². The van der Waals surface area contributed by atoms with Crippen molar-refractivity contribution >= 4 is 39.2 Å². The fourth-order valence-corrected chi connectivity index (χ4v) is 10.7. The molecule has 2 bridgehead atoms. The van der Waals surface area contributed by atoms with Crippen LogP contribution in [0.3, 0.4) is 0 Å². The number of nitrogens with one attached hydrogen (secondary N) is 1. The third-order valence-corrected chi connectivity index (χ3v) is 15.2. The Hall–Kier alpha value is -3.16. The molecule has 4 aliphatic heterocycles. The number of benzene rings is 2. The second-order valence-electron chi connectivity index (χ2n) is 16.4. The molecule has 1 saturated carbocycles. The predicted molar refractivity (Wildman–Crippen MR) is 214 cm³/mol. The fraction of sp³-hybridized carbons (Fsp3) is 0.619. The maximum atomic E-state index is 13.6. The van der Waals surface area contributed by atoms with Gasteiger partial charge in [-0.3, -0.25) is 19.4 Å². The summed E-state index contributed by atoms with van der Waals surface area (Å²) in [6, 6.07) is 11.5. The van der Waals surface area contributed by atoms with E-state index in [2.05, 4.69) is 31.6 Å². The highest BCUT2D eigenvalue weighted by Crippen LogP contribution is 2.47. The Morgan fingerprint density at radius 3 is 2.53 bits per heavy atom. The number of amides is 1. The molecule has 1 amide bonds. The van der Waals surface area contributed by atoms with Crippen LogP contribution in [0.25, 0.3) is 0 Å². The third-order valence-electron chi connectivity index (χ3n) is 13.1. The van der Waals surface area contributed by atoms with Gasteiger partial charge in [-0.25, -0.2) is 13.1 Å². The number of nitrogens with zero attached hydrogens (tertiary/aromatic N) is 3. The molecule has 1 N–H and O–H groups in total. The summed E-state index contributed by atoms with van der Waals surface area (Å²) in [5, 5.41) is -0.0976. The Morgan fingerprint density at radius 2 is 1.78 bits per heavy atom. The Kier molecular flexibility index (Phi) is 12.5. The maximum Gasteiger partial charge on any atom is 0.307 e. The molecule has 11 nitrogen and oxygen atoms in total. The van der Waals surface area contributed by atoms with Crippen molar-refractivity contribution in [3.63, 3.8) is 0 Å². The minimum absolute atomic E-state index is 0.106. The quantitative estimate of drug-likeness (QED) is 0.299. The van der Waals surface area contributed by atoms with Gasteiger partial charge in [0.1, 0.15) is 18.0 Å². The van der Waals surface area contributed by atoms with Crippen LogP contribution < -0.4 is 14.4 Å². The molecule has 0 radical (unpaired) electrons. The molecule has 0 spiro atoms. The summed E-state index contributed by atoms with van der Waals surface area (Å²) in [5.41, 5.74) is 2.75. The highest BCUT2D eigenvalue weighted by Gasteiger charge is 2.48. The largest absolute Gasteiger partial charge is 0.487 e. The number of cyclic esters (lactones) is 1. The van der Waals surface area contributed by atoms with Crippen LogP contribution in [0.5, 0.6) is 5.75 Å². The molecule has 4 heterocycles. The summed E-state index contributed by atoms with van der Waals surface area (Å²) in [5.74, 6) is 0.205. The number of rotatable bonds is 4. The number of aryl methyl sites for hydroxylation is 1. The number of allylic oxidation sites excluding steroid dienone is 1. The van der Waals surface area contributed by atoms with Crippen molar-refractivity contribution in [1.82, 2.24) is 14.5 Å². The summed E-state index contributed by atoms with van der Waals surface area (Å²) >= 11 is 6.41. The van der Waals surface area contributed by atoms with Gasteiger partial charge in [0, 0.05) is 69.6 Å². The third kappa shape index (κ3) is 9.04. The lowest BCUT2D eigenvalue weighted by molar-refractivity contribution is -0.150. The van der Waals surface area contributed by atoms with Crippen molar-refractivity contribution < 1.29 is 32.2 Å². The van der Waals surface area contributed by atoms with E-state index in [1.54, 1.807) is 13.0 Å². The second kappa shape index (κ2) is 17.1. The van der Waals surface area contributed by atoms with E-state index in [0.29, 0.717) is 42.7 Å². The molecule has 13 heteroatoms. The van der Waals surface area contributed by atoms with E-state index in [-0.39, 0.29) is 29.4 Å². The SMILES string of the molecule is CO[C@@]1(CN2CCN([C@@H]3CCOC(=O)C3)CC2)/C=C/C[C@H](C)[C@@H](C)S(=O)(=O)NC(=O)c2ccc3c(c2)N(CCCCc2cc(Cl)ccc2CO3)C[C@@H]2CCC21. The molecule has 55 heavy (non-hydrogen) atoms. The van der Waals surface area contributed by atoms with Gasteiger partial charge in [0.25, 0.3) is 5.91 Å². The Morgan fingerprint density at radius 1 is 0.964 bits per heavy atom. The lowest BCUT2D eigenvalue weighted by Crippen LogP contribution is -2.59. The maximum absolute atomic E-state index is 13.6. The van der Waals surface area contributed by atoms with Crippen molar-refractivity contribution in [1.29, 1.82) is 0 Å². The minimum atomic E-state index is -3.98. The fourth-order valence-electron chi connectivity index (χ4n) is 9.24. The van der Waals surface area contributed by atoms with E-state index >= 15 is 0 Å². The van der Waals surface area contributed by atoms with Crippen LogP contribution in [-0.4, -0.2) is 107 Å². The average molecular weight is 797 g/mol. The number of esters is 1. The van der Waals surface area contributed by atoms with Gasteiger partial charge in [-0.15, -0.1) is 0 Å². The van der Waals surface area contributed by atoms with Gasteiger partial charge in [0.2, 0.25) is 10.0 Å². The number of carbonyl (C=O) groups excluding carboxylic acids is 2. The zero-order valence-electron chi connectivity index (χ0n) is 32.5. The molecule has 300 valence electrons. The summed E-state index contributed by atoms with van der Waals surface area (Å²) < 4.78 is 48.0. The van der Waals surface area contributed by atoms with E-state index in [1.807, 2.05) is 44.4 Å². The summed E-state index contributed by atoms with van der Waals surface area (Å²) in [6.07, 6.45) is 11.0. The highest BCUT2D eigenvalue weighted by atomic mass is 35.5. The van der Waals surface area contributed by atoms with E-state index in [1.165, 1.54) is 5.56 Å². The number of hydrogen-bond donors (Lipinski definition) is 1. The van der Waals surface area contributed by atoms with Crippen LogP contribution in [0, 0.1) is 17.8 Å². The summed E-state index contributed by atoms with van der Waals surface area (Å²) in [6.45, 7) is 10.2. The van der Waals surface area contributed by atoms with E-state index in [4.69, 9.17) is 25.8 Å². The monoisotopic (exact) mass is 796 g/mol. The first kappa shape index (κ1) is 40.1. The van der Waals surface area contributed by atoms with Gasteiger partial charge in [0.05, 0.1) is 24.0 Å². The number of halogens is 1. The Labute approximate surface area is 331 Å². The molecular formula is C42H57ClN4O7S. The van der Waals surface area contributed by atoms with Crippen LogP contribution in [0.2, 0.25) is 5.02 Å². The van der Waals surface area contributed by atoms with E-state index in [0.717, 1.165) is 95.6 Å². The smallest absolute Gasteiger partial charge is 0.307 e. The lowest BCUT2D eigenvalue weighted by Gasteiger charge is -2.52. The number of methoxy groups -OCH3 is 1.